The number of rotatable bonds is 5. The summed E-state index contributed by atoms with van der Waals surface area (Å²) in [4.78, 5) is 28.6. The molecule has 0 saturated heterocycles. The Kier molecular flexibility index (Phi) is 6.45. The first-order valence-electron chi connectivity index (χ1n) is 11.0. The van der Waals surface area contributed by atoms with Gasteiger partial charge in [0.2, 0.25) is 5.91 Å². The number of carbonyl (C=O) groups is 2. The van der Waals surface area contributed by atoms with Crippen LogP contribution >= 0.6 is 0 Å². The van der Waals surface area contributed by atoms with Crippen molar-refractivity contribution < 1.29 is 18.7 Å². The van der Waals surface area contributed by atoms with E-state index >= 15 is 0 Å². The topological polar surface area (TPSA) is 49.9 Å². The zero-order valence-corrected chi connectivity index (χ0v) is 19.0. The lowest BCUT2D eigenvalue weighted by molar-refractivity contribution is -0.130. The molecule has 170 valence electrons. The van der Waals surface area contributed by atoms with E-state index in [9.17, 15) is 14.0 Å². The highest BCUT2D eigenvalue weighted by Crippen LogP contribution is 2.37. The molecule has 0 N–H and O–H groups in total. The second kappa shape index (κ2) is 9.45. The number of hydrogen-bond acceptors (Lipinski definition) is 3. The van der Waals surface area contributed by atoms with Gasteiger partial charge in [-0.15, -0.1) is 0 Å². The second-order valence-electron chi connectivity index (χ2n) is 8.27. The van der Waals surface area contributed by atoms with Crippen molar-refractivity contribution in [1.82, 2.24) is 4.90 Å². The minimum Gasteiger partial charge on any atom is -0.481 e. The molecule has 5 nitrogen and oxygen atoms in total. The molecule has 3 aromatic carbocycles. The van der Waals surface area contributed by atoms with E-state index in [1.54, 1.807) is 29.8 Å². The van der Waals surface area contributed by atoms with Crippen LogP contribution < -0.4 is 9.64 Å². The fraction of sp³-hybridized carbons (Fsp3) is 0.259. The minimum absolute atomic E-state index is 0.0748. The maximum Gasteiger partial charge on any atom is 0.267 e. The third-order valence-corrected chi connectivity index (χ3v) is 6.05. The Bertz CT molecular complexity index is 1170. The van der Waals surface area contributed by atoms with Crippen molar-refractivity contribution in [2.24, 2.45) is 0 Å². The van der Waals surface area contributed by atoms with Gasteiger partial charge in [0, 0.05) is 26.2 Å². The van der Waals surface area contributed by atoms with Crippen LogP contribution in [0.4, 0.5) is 10.1 Å². The van der Waals surface area contributed by atoms with Gasteiger partial charge in [-0.1, -0.05) is 36.4 Å². The molecular formula is C27H27FN2O3. The number of carbonyl (C=O) groups excluding carboxylic acids is 2. The molecule has 0 saturated carbocycles. The Labute approximate surface area is 193 Å². The molecule has 2 unspecified atom stereocenters. The molecular weight excluding hydrogens is 419 g/mol. The van der Waals surface area contributed by atoms with Gasteiger partial charge in [0.05, 0.1) is 6.04 Å². The van der Waals surface area contributed by atoms with Gasteiger partial charge in [-0.05, 0) is 66.4 Å². The predicted molar refractivity (Wildman–Crippen MR) is 126 cm³/mol. The average molecular weight is 447 g/mol. The lowest BCUT2D eigenvalue weighted by Gasteiger charge is -2.37. The first kappa shape index (κ1) is 22.5. The molecule has 2 atom stereocenters. The summed E-state index contributed by atoms with van der Waals surface area (Å²) in [5, 5.41) is 0. The number of likely N-dealkylation sites (N-methyl/N-ethyl adjacent to an activating group) is 1. The number of nitrogens with zero attached hydrogens (tertiary/aromatic N) is 2. The van der Waals surface area contributed by atoms with Crippen molar-refractivity contribution in [2.45, 2.75) is 32.4 Å². The molecule has 0 spiro atoms. The number of hydrogen-bond donors (Lipinski definition) is 0. The quantitative estimate of drug-likeness (QED) is 0.568. The molecule has 0 radical (unpaired) electrons. The van der Waals surface area contributed by atoms with Gasteiger partial charge in [0.1, 0.15) is 11.6 Å². The molecule has 0 bridgehead atoms. The van der Waals surface area contributed by atoms with Crippen LogP contribution in [0.15, 0.2) is 72.8 Å². The van der Waals surface area contributed by atoms with E-state index < -0.39 is 12.1 Å². The van der Waals surface area contributed by atoms with Crippen LogP contribution in [0.5, 0.6) is 5.75 Å². The van der Waals surface area contributed by atoms with Crippen molar-refractivity contribution in [2.75, 3.05) is 18.5 Å². The van der Waals surface area contributed by atoms with Crippen molar-refractivity contribution in [3.63, 3.8) is 0 Å². The highest BCUT2D eigenvalue weighted by atomic mass is 19.1. The summed E-state index contributed by atoms with van der Waals surface area (Å²) in [6.07, 6.45) is -0.0138. The summed E-state index contributed by atoms with van der Waals surface area (Å²) in [6.45, 7) is 3.80. The Morgan fingerprint density at radius 3 is 2.52 bits per heavy atom. The summed E-state index contributed by atoms with van der Waals surface area (Å²) in [5.74, 6) is -0.0678. The number of amides is 2. The zero-order chi connectivity index (χ0) is 23.5. The van der Waals surface area contributed by atoms with E-state index in [4.69, 9.17) is 4.74 Å². The summed E-state index contributed by atoms with van der Waals surface area (Å²) in [5.41, 5.74) is 3.45. The first-order valence-corrected chi connectivity index (χ1v) is 11.0. The number of para-hydroxylation sites is 1. The largest absolute Gasteiger partial charge is 0.481 e. The van der Waals surface area contributed by atoms with Crippen LogP contribution in [0.25, 0.3) is 0 Å². The monoisotopic (exact) mass is 446 g/mol. The molecule has 1 aliphatic heterocycles. The van der Waals surface area contributed by atoms with Gasteiger partial charge >= 0.3 is 0 Å². The third-order valence-electron chi connectivity index (χ3n) is 6.05. The van der Waals surface area contributed by atoms with Gasteiger partial charge in [-0.25, -0.2) is 4.39 Å². The summed E-state index contributed by atoms with van der Waals surface area (Å²) >= 11 is 0. The highest BCUT2D eigenvalue weighted by molar-refractivity contribution is 5.96. The van der Waals surface area contributed by atoms with Gasteiger partial charge in [0.25, 0.3) is 5.91 Å². The SMILES string of the molecule is CC(=O)N1CCc2ccc(OC(C)C(=O)N(C)c3ccccc3)cc2C1c1cccc(F)c1. The lowest BCUT2D eigenvalue weighted by atomic mass is 9.88. The number of halogens is 1. The normalized spacial score (nSPS) is 16.0. The standard InChI is InChI=1S/C27H27FN2O3/c1-18(27(32)29(3)23-10-5-4-6-11-23)33-24-13-12-20-14-15-30(19(2)31)26(25(20)17-24)21-8-7-9-22(28)16-21/h4-13,16-18,26H,14-15H2,1-3H3. The Morgan fingerprint density at radius 2 is 1.82 bits per heavy atom. The average Bonchev–Trinajstić information content (AvgIpc) is 2.82. The molecule has 6 heteroatoms. The molecule has 0 aromatic heterocycles. The smallest absolute Gasteiger partial charge is 0.267 e. The number of anilines is 1. The Hall–Kier alpha value is -3.67. The number of ether oxygens (including phenoxy) is 1. The van der Waals surface area contributed by atoms with E-state index in [0.717, 1.165) is 16.8 Å². The predicted octanol–water partition coefficient (Wildman–Crippen LogP) is 4.75. The summed E-state index contributed by atoms with van der Waals surface area (Å²) < 4.78 is 20.0. The fourth-order valence-electron chi connectivity index (χ4n) is 4.35. The van der Waals surface area contributed by atoms with E-state index in [-0.39, 0.29) is 17.6 Å². The van der Waals surface area contributed by atoms with Crippen molar-refractivity contribution in [3.8, 4) is 5.75 Å². The number of benzene rings is 3. The van der Waals surface area contributed by atoms with Gasteiger partial charge in [-0.3, -0.25) is 9.59 Å². The van der Waals surface area contributed by atoms with Crippen molar-refractivity contribution >= 4 is 17.5 Å². The van der Waals surface area contributed by atoms with Crippen LogP contribution in [0, 0.1) is 5.82 Å². The number of fused-ring (bicyclic) bond motifs is 1. The highest BCUT2D eigenvalue weighted by Gasteiger charge is 2.31. The maximum atomic E-state index is 14.0. The Balaban J connectivity index is 1.62. The van der Waals surface area contributed by atoms with E-state index in [2.05, 4.69) is 0 Å². The van der Waals surface area contributed by atoms with E-state index in [0.29, 0.717) is 24.3 Å². The molecule has 2 amide bonds. The molecule has 1 heterocycles. The van der Waals surface area contributed by atoms with Crippen LogP contribution in [-0.2, 0) is 16.0 Å². The molecule has 33 heavy (non-hydrogen) atoms. The van der Waals surface area contributed by atoms with Gasteiger partial charge in [-0.2, -0.15) is 0 Å². The summed E-state index contributed by atoms with van der Waals surface area (Å²) in [6, 6.07) is 21.0. The molecule has 1 aliphatic rings. The fourth-order valence-corrected chi connectivity index (χ4v) is 4.35. The van der Waals surface area contributed by atoms with Gasteiger partial charge < -0.3 is 14.5 Å². The van der Waals surface area contributed by atoms with Crippen molar-refractivity contribution in [1.29, 1.82) is 0 Å². The molecule has 0 fully saturated rings. The molecule has 3 aromatic rings. The lowest BCUT2D eigenvalue weighted by Crippen LogP contribution is -2.39. The Morgan fingerprint density at radius 1 is 1.06 bits per heavy atom. The third kappa shape index (κ3) is 4.75. The minimum atomic E-state index is -0.714. The van der Waals surface area contributed by atoms with E-state index in [1.807, 2.05) is 54.6 Å². The summed E-state index contributed by atoms with van der Waals surface area (Å²) in [7, 11) is 1.72. The maximum absolute atomic E-state index is 14.0. The van der Waals surface area contributed by atoms with Crippen LogP contribution in [0.3, 0.4) is 0 Å². The zero-order valence-electron chi connectivity index (χ0n) is 19.0. The first-order chi connectivity index (χ1) is 15.8. The van der Waals surface area contributed by atoms with E-state index in [1.165, 1.54) is 19.1 Å². The van der Waals surface area contributed by atoms with Crippen LogP contribution in [0.2, 0.25) is 0 Å². The molecule has 4 rings (SSSR count). The second-order valence-corrected chi connectivity index (χ2v) is 8.27. The van der Waals surface area contributed by atoms with Crippen LogP contribution in [0.1, 0.15) is 36.6 Å². The molecule has 0 aliphatic carbocycles. The van der Waals surface area contributed by atoms with Gasteiger partial charge in [0.15, 0.2) is 6.10 Å². The van der Waals surface area contributed by atoms with Crippen molar-refractivity contribution in [3.05, 3.63) is 95.3 Å². The van der Waals surface area contributed by atoms with Crippen LogP contribution in [-0.4, -0.2) is 36.4 Å².